The van der Waals surface area contributed by atoms with Gasteiger partial charge in [-0.2, -0.15) is 4.99 Å². The number of methoxy groups -OCH3 is 1. The van der Waals surface area contributed by atoms with Gasteiger partial charge in [-0.25, -0.2) is 9.18 Å². The van der Waals surface area contributed by atoms with E-state index >= 15 is 0 Å². The Bertz CT molecular complexity index is 925. The zero-order valence-corrected chi connectivity index (χ0v) is 18.9. The molecule has 2 fully saturated rings. The highest BCUT2D eigenvalue weighted by atomic mass is 32.2. The van der Waals surface area contributed by atoms with Crippen LogP contribution in [0.15, 0.2) is 28.1 Å². The van der Waals surface area contributed by atoms with Gasteiger partial charge in [0.25, 0.3) is 5.91 Å². The number of hydrogen-bond acceptors (Lipinski definition) is 7. The molecule has 2 amide bonds. The van der Waals surface area contributed by atoms with Gasteiger partial charge < -0.3 is 19.3 Å². The third kappa shape index (κ3) is 5.48. The number of carbonyl (C=O) groups excluding carboxylic acids is 2. The molecule has 8 nitrogen and oxygen atoms in total. The van der Waals surface area contributed by atoms with Crippen LogP contribution >= 0.6 is 11.8 Å². The minimum absolute atomic E-state index is 0.226. The predicted octanol–water partition coefficient (Wildman–Crippen LogP) is 2.65. The fourth-order valence-corrected chi connectivity index (χ4v) is 4.80. The number of rotatable bonds is 5. The van der Waals surface area contributed by atoms with Crippen molar-refractivity contribution in [1.29, 1.82) is 0 Å². The smallest absolute Gasteiger partial charge is 0.410 e. The molecular formula is C22H27FN4O4S. The van der Waals surface area contributed by atoms with Gasteiger partial charge in [-0.1, -0.05) is 0 Å². The summed E-state index contributed by atoms with van der Waals surface area (Å²) in [5.74, 6) is -0.612. The van der Waals surface area contributed by atoms with Crippen molar-refractivity contribution in [3.05, 3.63) is 34.5 Å². The lowest BCUT2D eigenvalue weighted by atomic mass is 10.2. The molecule has 0 bridgehead atoms. The van der Waals surface area contributed by atoms with Crippen LogP contribution in [0, 0.1) is 5.82 Å². The van der Waals surface area contributed by atoms with E-state index in [1.54, 1.807) is 18.1 Å². The molecule has 172 valence electrons. The number of hydrogen-bond donors (Lipinski definition) is 0. The van der Waals surface area contributed by atoms with Crippen LogP contribution in [0.2, 0.25) is 0 Å². The molecule has 0 atom stereocenters. The van der Waals surface area contributed by atoms with E-state index in [-0.39, 0.29) is 11.7 Å². The lowest BCUT2D eigenvalue weighted by Crippen LogP contribution is -2.48. The van der Waals surface area contributed by atoms with Crippen molar-refractivity contribution in [2.45, 2.75) is 12.8 Å². The van der Waals surface area contributed by atoms with Gasteiger partial charge in [0.2, 0.25) is 0 Å². The lowest BCUT2D eigenvalue weighted by Gasteiger charge is -2.35. The monoisotopic (exact) mass is 462 g/mol. The van der Waals surface area contributed by atoms with E-state index in [9.17, 15) is 14.0 Å². The van der Waals surface area contributed by atoms with Crippen molar-refractivity contribution >= 4 is 35.0 Å². The Kier molecular flexibility index (Phi) is 7.44. The molecule has 1 aromatic rings. The molecule has 3 aliphatic rings. The van der Waals surface area contributed by atoms with Crippen molar-refractivity contribution in [3.8, 4) is 5.75 Å². The third-order valence-corrected chi connectivity index (χ3v) is 6.73. The first-order valence-electron chi connectivity index (χ1n) is 10.8. The molecule has 0 N–H and O–H groups in total. The number of ether oxygens (including phenoxy) is 2. The van der Waals surface area contributed by atoms with Gasteiger partial charge in [-0.3, -0.25) is 9.69 Å². The molecule has 2 saturated heterocycles. The largest absolute Gasteiger partial charge is 0.415 e. The molecule has 0 aliphatic carbocycles. The maximum atomic E-state index is 13.9. The highest BCUT2D eigenvalue weighted by molar-refractivity contribution is 8.18. The van der Waals surface area contributed by atoms with Crippen LogP contribution in [0.5, 0.6) is 5.75 Å². The fraction of sp³-hybridized carbons (Fsp3) is 0.500. The van der Waals surface area contributed by atoms with E-state index < -0.39 is 11.9 Å². The molecule has 32 heavy (non-hydrogen) atoms. The maximum absolute atomic E-state index is 13.9. The second kappa shape index (κ2) is 10.5. The van der Waals surface area contributed by atoms with E-state index in [1.165, 1.54) is 30.0 Å². The molecule has 3 heterocycles. The van der Waals surface area contributed by atoms with E-state index in [0.29, 0.717) is 35.3 Å². The number of piperazine rings is 1. The first-order chi connectivity index (χ1) is 15.5. The first kappa shape index (κ1) is 22.8. The SMILES string of the molecule is COCCN1CCN(C2=NC(=O)/C(=C/c3cc(F)ccc3OC(=O)N3CCCC3)S2)CC1. The second-order valence-corrected chi connectivity index (χ2v) is 8.89. The van der Waals surface area contributed by atoms with E-state index in [4.69, 9.17) is 9.47 Å². The third-order valence-electron chi connectivity index (χ3n) is 5.68. The van der Waals surface area contributed by atoms with Crippen LogP contribution in [0.1, 0.15) is 18.4 Å². The first-order valence-corrected chi connectivity index (χ1v) is 11.6. The van der Waals surface area contributed by atoms with Gasteiger partial charge in [-0.15, -0.1) is 0 Å². The average molecular weight is 463 g/mol. The normalized spacial score (nSPS) is 20.9. The molecule has 3 aliphatic heterocycles. The molecule has 0 saturated carbocycles. The zero-order chi connectivity index (χ0) is 22.5. The van der Waals surface area contributed by atoms with E-state index in [2.05, 4.69) is 14.8 Å². The standard InChI is InChI=1S/C22H27FN4O4S/c1-30-13-12-25-8-10-26(11-9-25)21-24-20(28)19(32-21)15-16-14-17(23)4-5-18(16)31-22(29)27-6-2-3-7-27/h4-5,14-15H,2-3,6-13H2,1H3/b19-15-. The van der Waals surface area contributed by atoms with Crippen LogP contribution in [-0.4, -0.2) is 91.4 Å². The maximum Gasteiger partial charge on any atom is 0.415 e. The number of benzene rings is 1. The van der Waals surface area contributed by atoms with Gasteiger partial charge in [0.1, 0.15) is 11.6 Å². The van der Waals surface area contributed by atoms with Crippen LogP contribution in [0.25, 0.3) is 6.08 Å². The van der Waals surface area contributed by atoms with Gasteiger partial charge in [0.05, 0.1) is 11.5 Å². The number of aliphatic imine (C=N–C) groups is 1. The Hall–Kier alpha value is -2.43. The lowest BCUT2D eigenvalue weighted by molar-refractivity contribution is -0.113. The Labute approximate surface area is 191 Å². The number of halogens is 1. The van der Waals surface area contributed by atoms with Crippen molar-refractivity contribution in [1.82, 2.24) is 14.7 Å². The summed E-state index contributed by atoms with van der Waals surface area (Å²) in [7, 11) is 1.69. The molecule has 0 unspecified atom stereocenters. The molecule has 10 heteroatoms. The highest BCUT2D eigenvalue weighted by Crippen LogP contribution is 2.33. The summed E-state index contributed by atoms with van der Waals surface area (Å²) in [5.41, 5.74) is 0.342. The predicted molar refractivity (Wildman–Crippen MR) is 121 cm³/mol. The Balaban J connectivity index is 1.43. The summed E-state index contributed by atoms with van der Waals surface area (Å²) in [6.45, 7) is 6.17. The minimum Gasteiger partial charge on any atom is -0.410 e. The van der Waals surface area contributed by atoms with E-state index in [1.807, 2.05) is 0 Å². The molecule has 0 spiro atoms. The molecule has 0 radical (unpaired) electrons. The molecule has 0 aromatic heterocycles. The Morgan fingerprint density at radius 3 is 2.66 bits per heavy atom. The minimum atomic E-state index is -0.471. The quantitative estimate of drug-likeness (QED) is 0.623. The summed E-state index contributed by atoms with van der Waals surface area (Å²) < 4.78 is 24.6. The van der Waals surface area contributed by atoms with Crippen molar-refractivity contribution in [2.24, 2.45) is 4.99 Å². The summed E-state index contributed by atoms with van der Waals surface area (Å²) >= 11 is 1.27. The van der Waals surface area contributed by atoms with Gasteiger partial charge >= 0.3 is 6.09 Å². The van der Waals surface area contributed by atoms with Crippen LogP contribution < -0.4 is 4.74 Å². The van der Waals surface area contributed by atoms with Crippen LogP contribution in [-0.2, 0) is 9.53 Å². The Morgan fingerprint density at radius 2 is 1.94 bits per heavy atom. The summed E-state index contributed by atoms with van der Waals surface area (Å²) in [5, 5.41) is 0.652. The number of amides is 2. The van der Waals surface area contributed by atoms with Crippen molar-refractivity contribution < 1.29 is 23.5 Å². The number of thioether (sulfide) groups is 1. The topological polar surface area (TPSA) is 74.7 Å². The highest BCUT2D eigenvalue weighted by Gasteiger charge is 2.29. The summed E-state index contributed by atoms with van der Waals surface area (Å²) in [6.07, 6.45) is 2.99. The number of amidine groups is 1. The second-order valence-electron chi connectivity index (χ2n) is 7.88. The molecule has 1 aromatic carbocycles. The number of likely N-dealkylation sites (tertiary alicyclic amines) is 1. The van der Waals surface area contributed by atoms with Gasteiger partial charge in [0, 0.05) is 58.5 Å². The van der Waals surface area contributed by atoms with Gasteiger partial charge in [-0.05, 0) is 48.9 Å². The Morgan fingerprint density at radius 1 is 1.19 bits per heavy atom. The van der Waals surface area contributed by atoms with Crippen LogP contribution in [0.4, 0.5) is 9.18 Å². The fourth-order valence-electron chi connectivity index (χ4n) is 3.84. The summed E-state index contributed by atoms with van der Waals surface area (Å²) in [6, 6.07) is 3.92. The summed E-state index contributed by atoms with van der Waals surface area (Å²) in [4.78, 5) is 35.5. The van der Waals surface area contributed by atoms with Gasteiger partial charge in [0.15, 0.2) is 5.17 Å². The number of nitrogens with zero attached hydrogens (tertiary/aromatic N) is 4. The number of carbonyl (C=O) groups is 2. The van der Waals surface area contributed by atoms with Crippen molar-refractivity contribution in [2.75, 3.05) is 59.5 Å². The molecule has 4 rings (SSSR count). The van der Waals surface area contributed by atoms with Crippen LogP contribution in [0.3, 0.4) is 0 Å². The van der Waals surface area contributed by atoms with E-state index in [0.717, 1.165) is 45.6 Å². The van der Waals surface area contributed by atoms with Crippen molar-refractivity contribution in [3.63, 3.8) is 0 Å². The average Bonchev–Trinajstić information content (AvgIpc) is 3.45. The zero-order valence-electron chi connectivity index (χ0n) is 18.1. The molecular weight excluding hydrogens is 435 g/mol.